The van der Waals surface area contributed by atoms with Gasteiger partial charge in [0.2, 0.25) is 0 Å². The normalized spacial score (nSPS) is 16.2. The van der Waals surface area contributed by atoms with Crippen LogP contribution in [0.15, 0.2) is 30.3 Å². The average Bonchev–Trinajstić information content (AvgIpc) is 2.48. The maximum Gasteiger partial charge on any atom is 0.317 e. The number of carbonyl (C=O) groups excluding carboxylic acids is 1. The van der Waals surface area contributed by atoms with Crippen LogP contribution in [0.2, 0.25) is 0 Å². The minimum atomic E-state index is 0.0926. The number of urea groups is 1. The van der Waals surface area contributed by atoms with Crippen LogP contribution in [0.4, 0.5) is 4.79 Å². The summed E-state index contributed by atoms with van der Waals surface area (Å²) >= 11 is 0. The Bertz CT molecular complexity index is 425. The third-order valence-electron chi connectivity index (χ3n) is 3.91. The number of carbonyl (C=O) groups is 1. The molecule has 1 N–H and O–H groups in total. The van der Waals surface area contributed by atoms with Crippen LogP contribution >= 0.6 is 0 Å². The van der Waals surface area contributed by atoms with Crippen LogP contribution in [0, 0.1) is 5.92 Å². The van der Waals surface area contributed by atoms with Crippen LogP contribution in [0.1, 0.15) is 25.8 Å². The monoisotopic (exact) mass is 289 g/mol. The van der Waals surface area contributed by atoms with Crippen molar-refractivity contribution in [1.29, 1.82) is 0 Å². The zero-order chi connectivity index (χ0) is 15.1. The van der Waals surface area contributed by atoms with E-state index in [2.05, 4.69) is 48.3 Å². The second kappa shape index (κ2) is 8.03. The van der Waals surface area contributed by atoms with Gasteiger partial charge in [0, 0.05) is 39.3 Å². The van der Waals surface area contributed by atoms with Crippen molar-refractivity contribution in [3.63, 3.8) is 0 Å². The first-order valence-electron chi connectivity index (χ1n) is 7.94. The lowest BCUT2D eigenvalue weighted by molar-refractivity contribution is 0.135. The molecule has 1 aromatic carbocycles. The van der Waals surface area contributed by atoms with Crippen molar-refractivity contribution in [2.75, 3.05) is 32.7 Å². The van der Waals surface area contributed by atoms with Gasteiger partial charge in [-0.05, 0) is 17.9 Å². The number of rotatable bonds is 5. The van der Waals surface area contributed by atoms with Crippen molar-refractivity contribution < 1.29 is 4.79 Å². The van der Waals surface area contributed by atoms with Crippen molar-refractivity contribution >= 4 is 6.03 Å². The Kier molecular flexibility index (Phi) is 6.05. The SMILES string of the molecule is CC(C)CCNC(=O)N1CCN(Cc2ccccc2)CC1. The lowest BCUT2D eigenvalue weighted by Crippen LogP contribution is -2.51. The van der Waals surface area contributed by atoms with Crippen LogP contribution < -0.4 is 5.32 Å². The number of hydrogen-bond acceptors (Lipinski definition) is 2. The first kappa shape index (κ1) is 15.8. The highest BCUT2D eigenvalue weighted by Crippen LogP contribution is 2.08. The Morgan fingerprint density at radius 3 is 2.43 bits per heavy atom. The molecular weight excluding hydrogens is 262 g/mol. The number of hydrogen-bond donors (Lipinski definition) is 1. The van der Waals surface area contributed by atoms with E-state index in [9.17, 15) is 4.79 Å². The number of nitrogens with zero attached hydrogens (tertiary/aromatic N) is 2. The molecular formula is C17H27N3O. The van der Waals surface area contributed by atoms with Gasteiger partial charge in [-0.25, -0.2) is 4.79 Å². The molecule has 0 bridgehead atoms. The average molecular weight is 289 g/mol. The summed E-state index contributed by atoms with van der Waals surface area (Å²) in [6.07, 6.45) is 1.04. The molecule has 0 saturated carbocycles. The highest BCUT2D eigenvalue weighted by Gasteiger charge is 2.20. The molecule has 21 heavy (non-hydrogen) atoms. The maximum atomic E-state index is 12.0. The molecule has 4 nitrogen and oxygen atoms in total. The van der Waals surface area contributed by atoms with E-state index < -0.39 is 0 Å². The van der Waals surface area contributed by atoms with E-state index in [-0.39, 0.29) is 6.03 Å². The summed E-state index contributed by atoms with van der Waals surface area (Å²) in [6.45, 7) is 9.65. The van der Waals surface area contributed by atoms with Gasteiger partial charge in [0.15, 0.2) is 0 Å². The summed E-state index contributed by atoms with van der Waals surface area (Å²) < 4.78 is 0. The van der Waals surface area contributed by atoms with Crippen molar-refractivity contribution in [2.24, 2.45) is 5.92 Å². The first-order chi connectivity index (χ1) is 10.1. The summed E-state index contributed by atoms with van der Waals surface area (Å²) in [5.41, 5.74) is 1.34. The maximum absolute atomic E-state index is 12.0. The Hall–Kier alpha value is -1.55. The topological polar surface area (TPSA) is 35.6 Å². The molecule has 1 aromatic rings. The van der Waals surface area contributed by atoms with E-state index >= 15 is 0 Å². The third kappa shape index (κ3) is 5.38. The zero-order valence-corrected chi connectivity index (χ0v) is 13.2. The smallest absolute Gasteiger partial charge is 0.317 e. The fraction of sp³-hybridized carbons (Fsp3) is 0.588. The second-order valence-corrected chi connectivity index (χ2v) is 6.16. The lowest BCUT2D eigenvalue weighted by atomic mass is 10.1. The van der Waals surface area contributed by atoms with Crippen LogP contribution in [0.5, 0.6) is 0 Å². The predicted molar refractivity (Wildman–Crippen MR) is 86.1 cm³/mol. The summed E-state index contributed by atoms with van der Waals surface area (Å²) in [4.78, 5) is 16.4. The van der Waals surface area contributed by atoms with Gasteiger partial charge in [0.25, 0.3) is 0 Å². The van der Waals surface area contributed by atoms with Gasteiger partial charge < -0.3 is 10.2 Å². The lowest BCUT2D eigenvalue weighted by Gasteiger charge is -2.34. The molecule has 0 radical (unpaired) electrons. The Labute approximate surface area is 128 Å². The van der Waals surface area contributed by atoms with Crippen LogP contribution in [-0.4, -0.2) is 48.6 Å². The molecule has 1 fully saturated rings. The highest BCUT2D eigenvalue weighted by molar-refractivity contribution is 5.74. The predicted octanol–water partition coefficient (Wildman–Crippen LogP) is 2.56. The van der Waals surface area contributed by atoms with Gasteiger partial charge in [-0.1, -0.05) is 44.2 Å². The minimum absolute atomic E-state index is 0.0926. The molecule has 2 amide bonds. The van der Waals surface area contributed by atoms with Gasteiger partial charge in [0.05, 0.1) is 0 Å². The molecule has 0 spiro atoms. The Morgan fingerprint density at radius 2 is 1.81 bits per heavy atom. The van der Waals surface area contributed by atoms with Gasteiger partial charge in [-0.2, -0.15) is 0 Å². The van der Waals surface area contributed by atoms with E-state index in [1.165, 1.54) is 5.56 Å². The van der Waals surface area contributed by atoms with Crippen molar-refractivity contribution in [3.8, 4) is 0 Å². The van der Waals surface area contributed by atoms with Gasteiger partial charge in [0.1, 0.15) is 0 Å². The number of amides is 2. The zero-order valence-electron chi connectivity index (χ0n) is 13.2. The van der Waals surface area contributed by atoms with Gasteiger partial charge in [-0.3, -0.25) is 4.90 Å². The van der Waals surface area contributed by atoms with Crippen molar-refractivity contribution in [2.45, 2.75) is 26.8 Å². The standard InChI is InChI=1S/C17H27N3O/c1-15(2)8-9-18-17(21)20-12-10-19(11-13-20)14-16-6-4-3-5-7-16/h3-7,15H,8-14H2,1-2H3,(H,18,21). The quantitative estimate of drug-likeness (QED) is 0.904. The fourth-order valence-corrected chi connectivity index (χ4v) is 2.53. The molecule has 0 aliphatic carbocycles. The van der Waals surface area contributed by atoms with E-state index in [0.29, 0.717) is 5.92 Å². The van der Waals surface area contributed by atoms with Gasteiger partial charge in [-0.15, -0.1) is 0 Å². The van der Waals surface area contributed by atoms with Crippen LogP contribution in [-0.2, 0) is 6.54 Å². The summed E-state index contributed by atoms with van der Waals surface area (Å²) in [7, 11) is 0. The molecule has 1 saturated heterocycles. The van der Waals surface area contributed by atoms with E-state index in [4.69, 9.17) is 0 Å². The molecule has 0 aromatic heterocycles. The Balaban J connectivity index is 1.69. The molecule has 0 atom stereocenters. The molecule has 0 unspecified atom stereocenters. The molecule has 1 aliphatic heterocycles. The van der Waals surface area contributed by atoms with Crippen LogP contribution in [0.3, 0.4) is 0 Å². The molecule has 1 heterocycles. The molecule has 116 valence electrons. The van der Waals surface area contributed by atoms with E-state index in [0.717, 1.165) is 45.7 Å². The Morgan fingerprint density at radius 1 is 1.14 bits per heavy atom. The molecule has 1 aliphatic rings. The van der Waals surface area contributed by atoms with Crippen molar-refractivity contribution in [1.82, 2.24) is 15.1 Å². The number of benzene rings is 1. The van der Waals surface area contributed by atoms with Crippen molar-refractivity contribution in [3.05, 3.63) is 35.9 Å². The fourth-order valence-electron chi connectivity index (χ4n) is 2.53. The minimum Gasteiger partial charge on any atom is -0.338 e. The first-order valence-corrected chi connectivity index (χ1v) is 7.94. The number of nitrogens with one attached hydrogen (secondary N) is 1. The highest BCUT2D eigenvalue weighted by atomic mass is 16.2. The van der Waals surface area contributed by atoms with E-state index in [1.54, 1.807) is 0 Å². The number of piperazine rings is 1. The second-order valence-electron chi connectivity index (χ2n) is 6.16. The largest absolute Gasteiger partial charge is 0.338 e. The van der Waals surface area contributed by atoms with Crippen LogP contribution in [0.25, 0.3) is 0 Å². The van der Waals surface area contributed by atoms with E-state index in [1.807, 2.05) is 11.0 Å². The summed E-state index contributed by atoms with van der Waals surface area (Å²) in [5, 5.41) is 3.02. The molecule has 2 rings (SSSR count). The third-order valence-corrected chi connectivity index (χ3v) is 3.91. The molecule has 4 heteroatoms. The summed E-state index contributed by atoms with van der Waals surface area (Å²) in [5.74, 6) is 0.632. The summed E-state index contributed by atoms with van der Waals surface area (Å²) in [6, 6.07) is 10.6. The van der Waals surface area contributed by atoms with Gasteiger partial charge >= 0.3 is 6.03 Å².